The first-order chi connectivity index (χ1) is 8.61. The number of anilines is 1. The molecule has 4 nitrogen and oxygen atoms in total. The Morgan fingerprint density at radius 1 is 1.33 bits per heavy atom. The highest BCUT2D eigenvalue weighted by atomic mass is 32.1. The Morgan fingerprint density at radius 2 is 2.00 bits per heavy atom. The van der Waals surface area contributed by atoms with Gasteiger partial charge in [-0.05, 0) is 27.4 Å². The Morgan fingerprint density at radius 3 is 2.61 bits per heavy atom. The molecule has 102 valence electrons. The first-order valence-corrected chi connectivity index (χ1v) is 7.57. The number of aromatic nitrogens is 1. The Kier molecular flexibility index (Phi) is 4.59. The second-order valence-corrected chi connectivity index (χ2v) is 6.02. The number of hydrogen-bond acceptors (Lipinski definition) is 5. The summed E-state index contributed by atoms with van der Waals surface area (Å²) >= 11 is 1.85. The zero-order valence-electron chi connectivity index (χ0n) is 11.9. The van der Waals surface area contributed by atoms with E-state index in [0.717, 1.165) is 32.7 Å². The lowest BCUT2D eigenvalue weighted by molar-refractivity contribution is 0.312. The maximum absolute atomic E-state index is 4.75. The summed E-state index contributed by atoms with van der Waals surface area (Å²) < 4.78 is 0. The van der Waals surface area contributed by atoms with Gasteiger partial charge in [0.25, 0.3) is 0 Å². The van der Waals surface area contributed by atoms with Gasteiger partial charge in [-0.15, -0.1) is 11.3 Å². The van der Waals surface area contributed by atoms with Gasteiger partial charge in [-0.1, -0.05) is 6.92 Å². The molecule has 2 rings (SSSR count). The highest BCUT2D eigenvalue weighted by Gasteiger charge is 2.20. The van der Waals surface area contributed by atoms with Gasteiger partial charge in [0, 0.05) is 37.1 Å². The van der Waals surface area contributed by atoms with Crippen LogP contribution in [0.3, 0.4) is 0 Å². The molecule has 18 heavy (non-hydrogen) atoms. The molecule has 1 N–H and O–H groups in total. The highest BCUT2D eigenvalue weighted by molar-refractivity contribution is 7.15. The topological polar surface area (TPSA) is 31.4 Å². The first-order valence-electron chi connectivity index (χ1n) is 6.76. The lowest BCUT2D eigenvalue weighted by Crippen LogP contribution is -2.44. The fourth-order valence-electron chi connectivity index (χ4n) is 2.33. The van der Waals surface area contributed by atoms with Crippen molar-refractivity contribution >= 4 is 16.5 Å². The summed E-state index contributed by atoms with van der Waals surface area (Å²) in [6.45, 7) is 12.0. The van der Waals surface area contributed by atoms with Crippen molar-refractivity contribution in [2.45, 2.75) is 26.8 Å². The molecule has 1 saturated heterocycles. The molecule has 1 atom stereocenters. The molecule has 0 aliphatic carbocycles. The van der Waals surface area contributed by atoms with E-state index in [4.69, 9.17) is 4.98 Å². The third-order valence-corrected chi connectivity index (χ3v) is 4.90. The maximum atomic E-state index is 4.75. The Bertz CT molecular complexity index is 382. The second kappa shape index (κ2) is 5.99. The highest BCUT2D eigenvalue weighted by Crippen LogP contribution is 2.31. The molecule has 0 amide bonds. The molecule has 0 radical (unpaired) electrons. The molecule has 0 bridgehead atoms. The average Bonchev–Trinajstić information content (AvgIpc) is 2.72. The van der Waals surface area contributed by atoms with Crippen LogP contribution in [-0.2, 0) is 0 Å². The van der Waals surface area contributed by atoms with Crippen LogP contribution in [0.4, 0.5) is 5.13 Å². The molecule has 1 unspecified atom stereocenters. The fourth-order valence-corrected chi connectivity index (χ4v) is 3.47. The van der Waals surface area contributed by atoms with Crippen LogP contribution in [0, 0.1) is 6.92 Å². The largest absolute Gasteiger partial charge is 0.346 e. The van der Waals surface area contributed by atoms with E-state index in [9.17, 15) is 0 Å². The molecule has 1 aliphatic rings. The molecule has 2 heterocycles. The second-order valence-electron chi connectivity index (χ2n) is 5.02. The van der Waals surface area contributed by atoms with Crippen LogP contribution in [0.15, 0.2) is 0 Å². The predicted octanol–water partition coefficient (Wildman–Crippen LogP) is 1.87. The Hall–Kier alpha value is -0.650. The number of thiazole rings is 1. The average molecular weight is 268 g/mol. The number of hydrogen-bond donors (Lipinski definition) is 1. The van der Waals surface area contributed by atoms with Crippen molar-refractivity contribution in [1.82, 2.24) is 15.2 Å². The van der Waals surface area contributed by atoms with Gasteiger partial charge in [-0.3, -0.25) is 0 Å². The molecule has 0 spiro atoms. The standard InChI is InChI=1S/C13H24N4S/c1-5-14-10(2)12-11(3)15-13(18-12)17-8-6-16(4)7-9-17/h10,14H,5-9H2,1-4H3. The summed E-state index contributed by atoms with van der Waals surface area (Å²) in [5.41, 5.74) is 1.18. The van der Waals surface area contributed by atoms with Crippen molar-refractivity contribution in [1.29, 1.82) is 0 Å². The third kappa shape index (κ3) is 3.02. The molecule has 1 fully saturated rings. The van der Waals surface area contributed by atoms with Crippen molar-refractivity contribution in [2.24, 2.45) is 0 Å². The zero-order chi connectivity index (χ0) is 13.1. The van der Waals surface area contributed by atoms with Crippen molar-refractivity contribution in [3.63, 3.8) is 0 Å². The number of piperazine rings is 1. The molecular weight excluding hydrogens is 244 g/mol. The van der Waals surface area contributed by atoms with E-state index < -0.39 is 0 Å². The van der Waals surface area contributed by atoms with Gasteiger partial charge in [0.1, 0.15) is 0 Å². The van der Waals surface area contributed by atoms with Crippen molar-refractivity contribution in [3.05, 3.63) is 10.6 Å². The Balaban J connectivity index is 2.08. The monoisotopic (exact) mass is 268 g/mol. The first kappa shape index (κ1) is 13.8. The van der Waals surface area contributed by atoms with Gasteiger partial charge in [-0.25, -0.2) is 4.98 Å². The molecular formula is C13H24N4S. The van der Waals surface area contributed by atoms with E-state index >= 15 is 0 Å². The van der Waals surface area contributed by atoms with Crippen LogP contribution in [0.2, 0.25) is 0 Å². The number of nitrogens with zero attached hydrogens (tertiary/aromatic N) is 3. The van der Waals surface area contributed by atoms with Gasteiger partial charge in [-0.2, -0.15) is 0 Å². The lowest BCUT2D eigenvalue weighted by Gasteiger charge is -2.32. The number of aryl methyl sites for hydroxylation is 1. The summed E-state index contributed by atoms with van der Waals surface area (Å²) in [6.07, 6.45) is 0. The molecule has 0 saturated carbocycles. The summed E-state index contributed by atoms with van der Waals surface area (Å²) in [4.78, 5) is 10.9. The van der Waals surface area contributed by atoms with Gasteiger partial charge in [0.05, 0.1) is 5.69 Å². The van der Waals surface area contributed by atoms with Crippen molar-refractivity contribution in [3.8, 4) is 0 Å². The fraction of sp³-hybridized carbons (Fsp3) is 0.769. The smallest absolute Gasteiger partial charge is 0.185 e. The normalized spacial score (nSPS) is 19.2. The van der Waals surface area contributed by atoms with E-state index in [1.807, 2.05) is 11.3 Å². The summed E-state index contributed by atoms with van der Waals surface area (Å²) in [5.74, 6) is 0. The Labute approximate surface area is 114 Å². The molecule has 1 aliphatic heterocycles. The zero-order valence-corrected chi connectivity index (χ0v) is 12.7. The van der Waals surface area contributed by atoms with Gasteiger partial charge >= 0.3 is 0 Å². The van der Waals surface area contributed by atoms with Crippen LogP contribution >= 0.6 is 11.3 Å². The van der Waals surface area contributed by atoms with Crippen LogP contribution in [0.1, 0.15) is 30.5 Å². The van der Waals surface area contributed by atoms with Gasteiger partial charge < -0.3 is 15.1 Å². The number of rotatable bonds is 4. The van der Waals surface area contributed by atoms with E-state index in [-0.39, 0.29) is 0 Å². The minimum Gasteiger partial charge on any atom is -0.346 e. The maximum Gasteiger partial charge on any atom is 0.185 e. The van der Waals surface area contributed by atoms with Crippen molar-refractivity contribution < 1.29 is 0 Å². The molecule has 1 aromatic heterocycles. The van der Waals surface area contributed by atoms with Crippen LogP contribution in [-0.4, -0.2) is 49.7 Å². The minimum absolute atomic E-state index is 0.411. The van der Waals surface area contributed by atoms with E-state index in [2.05, 4.69) is 42.9 Å². The number of likely N-dealkylation sites (N-methyl/N-ethyl adjacent to an activating group) is 1. The van der Waals surface area contributed by atoms with Crippen molar-refractivity contribution in [2.75, 3.05) is 44.7 Å². The SMILES string of the molecule is CCNC(C)c1sc(N2CCN(C)CC2)nc1C. The number of nitrogens with one attached hydrogen (secondary N) is 1. The predicted molar refractivity (Wildman–Crippen MR) is 78.7 cm³/mol. The third-order valence-electron chi connectivity index (χ3n) is 3.50. The molecule has 5 heteroatoms. The van der Waals surface area contributed by atoms with E-state index in [0.29, 0.717) is 6.04 Å². The van der Waals surface area contributed by atoms with Crippen LogP contribution < -0.4 is 10.2 Å². The quantitative estimate of drug-likeness (QED) is 0.903. The van der Waals surface area contributed by atoms with E-state index in [1.54, 1.807) is 0 Å². The lowest BCUT2D eigenvalue weighted by atomic mass is 10.2. The summed E-state index contributed by atoms with van der Waals surface area (Å²) in [6, 6.07) is 0.411. The molecule has 0 aromatic carbocycles. The van der Waals surface area contributed by atoms with Gasteiger partial charge in [0.15, 0.2) is 5.13 Å². The van der Waals surface area contributed by atoms with Crippen LogP contribution in [0.5, 0.6) is 0 Å². The summed E-state index contributed by atoms with van der Waals surface area (Å²) in [5, 5.41) is 4.66. The van der Waals surface area contributed by atoms with Gasteiger partial charge in [0.2, 0.25) is 0 Å². The van der Waals surface area contributed by atoms with E-state index in [1.165, 1.54) is 15.7 Å². The molecule has 1 aromatic rings. The minimum atomic E-state index is 0.411. The van der Waals surface area contributed by atoms with Crippen LogP contribution in [0.25, 0.3) is 0 Å². The summed E-state index contributed by atoms with van der Waals surface area (Å²) in [7, 11) is 2.18.